The Hall–Kier alpha value is -0.220. The zero-order chi connectivity index (χ0) is 6.15. The van der Waals surface area contributed by atoms with E-state index in [-0.39, 0.29) is 10.1 Å². The van der Waals surface area contributed by atoms with Crippen LogP contribution in [-0.2, 0) is 0 Å². The number of thiophene rings is 1. The SMILES string of the molecule is Oc1cc(Br)c(O)s1. The van der Waals surface area contributed by atoms with Gasteiger partial charge in [-0.15, -0.1) is 0 Å². The maximum absolute atomic E-state index is 8.75. The molecule has 4 heteroatoms. The van der Waals surface area contributed by atoms with Gasteiger partial charge >= 0.3 is 0 Å². The topological polar surface area (TPSA) is 40.5 Å². The van der Waals surface area contributed by atoms with E-state index < -0.39 is 0 Å². The normalized spacial score (nSPS) is 9.62. The molecule has 0 fully saturated rings. The van der Waals surface area contributed by atoms with Crippen LogP contribution in [-0.4, -0.2) is 10.2 Å². The predicted molar refractivity (Wildman–Crippen MR) is 35.3 cm³/mol. The summed E-state index contributed by atoms with van der Waals surface area (Å²) in [5.41, 5.74) is 0. The molecule has 1 aromatic rings. The number of aromatic hydroxyl groups is 2. The van der Waals surface area contributed by atoms with Crippen molar-refractivity contribution in [2.24, 2.45) is 0 Å². The average molecular weight is 195 g/mol. The summed E-state index contributed by atoms with van der Waals surface area (Å²) in [6, 6.07) is 1.44. The second-order valence-corrected chi connectivity index (χ2v) is 3.10. The predicted octanol–water partition coefficient (Wildman–Crippen LogP) is 1.92. The number of rotatable bonds is 0. The van der Waals surface area contributed by atoms with Gasteiger partial charge in [0, 0.05) is 6.07 Å². The van der Waals surface area contributed by atoms with Crippen molar-refractivity contribution in [1.82, 2.24) is 0 Å². The minimum atomic E-state index is 0.113. The molecular formula is C4H3BrO2S. The molecular weight excluding hydrogens is 192 g/mol. The maximum Gasteiger partial charge on any atom is 0.189 e. The first-order valence-electron chi connectivity index (χ1n) is 1.87. The van der Waals surface area contributed by atoms with E-state index in [0.717, 1.165) is 11.3 Å². The number of hydrogen-bond donors (Lipinski definition) is 2. The summed E-state index contributed by atoms with van der Waals surface area (Å²) < 4.78 is 0.542. The van der Waals surface area contributed by atoms with Crippen LogP contribution in [0.5, 0.6) is 10.1 Å². The van der Waals surface area contributed by atoms with Gasteiger partial charge in [-0.25, -0.2) is 0 Å². The van der Waals surface area contributed by atoms with Crippen LogP contribution in [0.2, 0.25) is 0 Å². The van der Waals surface area contributed by atoms with Gasteiger partial charge in [0.15, 0.2) is 10.1 Å². The molecule has 0 aliphatic rings. The molecule has 2 nitrogen and oxygen atoms in total. The number of halogens is 1. The van der Waals surface area contributed by atoms with Gasteiger partial charge < -0.3 is 10.2 Å². The van der Waals surface area contributed by atoms with Crippen molar-refractivity contribution in [1.29, 1.82) is 0 Å². The Labute approximate surface area is 58.5 Å². The number of hydrogen-bond acceptors (Lipinski definition) is 3. The zero-order valence-corrected chi connectivity index (χ0v) is 6.16. The average Bonchev–Trinajstić information content (AvgIpc) is 1.85. The fourth-order valence-electron chi connectivity index (χ4n) is 0.347. The Balaban J connectivity index is 3.14. The second kappa shape index (κ2) is 1.95. The van der Waals surface area contributed by atoms with Crippen molar-refractivity contribution in [3.8, 4) is 10.1 Å². The van der Waals surface area contributed by atoms with Crippen LogP contribution < -0.4 is 0 Å². The minimum Gasteiger partial charge on any atom is -0.499 e. The highest BCUT2D eigenvalue weighted by molar-refractivity contribution is 9.10. The Kier molecular flexibility index (Phi) is 1.44. The second-order valence-electron chi connectivity index (χ2n) is 1.24. The molecule has 2 N–H and O–H groups in total. The third-order valence-electron chi connectivity index (χ3n) is 0.656. The van der Waals surface area contributed by atoms with E-state index in [0.29, 0.717) is 4.47 Å². The lowest BCUT2D eigenvalue weighted by molar-refractivity contribution is 0.487. The maximum atomic E-state index is 8.75. The van der Waals surface area contributed by atoms with Crippen molar-refractivity contribution < 1.29 is 10.2 Å². The Bertz CT molecular complexity index is 176. The van der Waals surface area contributed by atoms with E-state index in [2.05, 4.69) is 15.9 Å². The van der Waals surface area contributed by atoms with E-state index >= 15 is 0 Å². The van der Waals surface area contributed by atoms with Crippen LogP contribution in [0, 0.1) is 0 Å². The van der Waals surface area contributed by atoms with Crippen LogP contribution in [0.25, 0.3) is 0 Å². The van der Waals surface area contributed by atoms with Crippen LogP contribution in [0.4, 0.5) is 0 Å². The van der Waals surface area contributed by atoms with Crippen LogP contribution in [0.15, 0.2) is 10.5 Å². The first kappa shape index (κ1) is 5.91. The third-order valence-corrected chi connectivity index (χ3v) is 2.26. The van der Waals surface area contributed by atoms with Crippen LogP contribution in [0.3, 0.4) is 0 Å². The summed E-state index contributed by atoms with van der Waals surface area (Å²) in [6.07, 6.45) is 0. The molecule has 0 bridgehead atoms. The van der Waals surface area contributed by atoms with Gasteiger partial charge in [0.25, 0.3) is 0 Å². The Morgan fingerprint density at radius 3 is 2.25 bits per heavy atom. The minimum absolute atomic E-state index is 0.113. The van der Waals surface area contributed by atoms with Crippen molar-refractivity contribution >= 4 is 27.3 Å². The first-order valence-corrected chi connectivity index (χ1v) is 3.48. The Morgan fingerprint density at radius 1 is 1.50 bits per heavy atom. The first-order chi connectivity index (χ1) is 3.70. The molecule has 0 amide bonds. The highest BCUT2D eigenvalue weighted by Gasteiger charge is 2.01. The molecule has 0 saturated carbocycles. The lowest BCUT2D eigenvalue weighted by Gasteiger charge is -1.76. The molecule has 0 aromatic carbocycles. The van der Waals surface area contributed by atoms with E-state index in [1.54, 1.807) is 0 Å². The quantitative estimate of drug-likeness (QED) is 0.663. The zero-order valence-electron chi connectivity index (χ0n) is 3.76. The van der Waals surface area contributed by atoms with Gasteiger partial charge in [-0.2, -0.15) is 0 Å². The lowest BCUT2D eigenvalue weighted by Crippen LogP contribution is -1.47. The van der Waals surface area contributed by atoms with Gasteiger partial charge in [-0.05, 0) is 15.9 Å². The summed E-state index contributed by atoms with van der Waals surface area (Å²) in [4.78, 5) is 0. The van der Waals surface area contributed by atoms with Crippen molar-refractivity contribution in [3.05, 3.63) is 10.5 Å². The summed E-state index contributed by atoms with van der Waals surface area (Å²) >= 11 is 3.95. The third kappa shape index (κ3) is 0.952. The fourth-order valence-corrected chi connectivity index (χ4v) is 1.49. The largest absolute Gasteiger partial charge is 0.499 e. The molecule has 0 saturated heterocycles. The molecule has 1 aromatic heterocycles. The molecule has 0 atom stereocenters. The standard InChI is InChI=1S/C4H3BrO2S/c5-2-1-3(6)8-4(2)7/h1,6-7H. The smallest absolute Gasteiger partial charge is 0.189 e. The summed E-state index contributed by atoms with van der Waals surface area (Å²) in [7, 11) is 0. The van der Waals surface area contributed by atoms with Gasteiger partial charge in [0.2, 0.25) is 0 Å². The highest BCUT2D eigenvalue weighted by Crippen LogP contribution is 2.37. The van der Waals surface area contributed by atoms with Crippen molar-refractivity contribution in [2.45, 2.75) is 0 Å². The van der Waals surface area contributed by atoms with Crippen LogP contribution >= 0.6 is 27.3 Å². The molecule has 0 unspecified atom stereocenters. The fraction of sp³-hybridized carbons (Fsp3) is 0. The van der Waals surface area contributed by atoms with Crippen molar-refractivity contribution in [2.75, 3.05) is 0 Å². The van der Waals surface area contributed by atoms with Crippen molar-refractivity contribution in [3.63, 3.8) is 0 Å². The molecule has 1 rings (SSSR count). The summed E-state index contributed by atoms with van der Waals surface area (Å²) in [6.45, 7) is 0. The molecule has 0 radical (unpaired) electrons. The lowest BCUT2D eigenvalue weighted by atomic mass is 10.6. The van der Waals surface area contributed by atoms with Gasteiger partial charge in [-0.3, -0.25) is 0 Å². The molecule has 44 valence electrons. The van der Waals surface area contributed by atoms with E-state index in [9.17, 15) is 0 Å². The Morgan fingerprint density at radius 2 is 2.12 bits per heavy atom. The van der Waals surface area contributed by atoms with Gasteiger partial charge in [-0.1, -0.05) is 11.3 Å². The van der Waals surface area contributed by atoms with E-state index in [4.69, 9.17) is 10.2 Å². The molecule has 1 heterocycles. The van der Waals surface area contributed by atoms with Gasteiger partial charge in [0.05, 0.1) is 4.47 Å². The molecule has 0 spiro atoms. The van der Waals surface area contributed by atoms with E-state index in [1.807, 2.05) is 0 Å². The van der Waals surface area contributed by atoms with Gasteiger partial charge in [0.1, 0.15) is 0 Å². The van der Waals surface area contributed by atoms with E-state index in [1.165, 1.54) is 6.07 Å². The summed E-state index contributed by atoms with van der Waals surface area (Å²) in [5.74, 6) is 0. The molecule has 8 heavy (non-hydrogen) atoms. The van der Waals surface area contributed by atoms with Crippen LogP contribution in [0.1, 0.15) is 0 Å². The highest BCUT2D eigenvalue weighted by atomic mass is 79.9. The summed E-state index contributed by atoms with van der Waals surface area (Å²) in [5, 5.41) is 17.6. The monoisotopic (exact) mass is 194 g/mol. The molecule has 0 aliphatic carbocycles. The molecule has 0 aliphatic heterocycles.